The quantitative estimate of drug-likeness (QED) is 0.0291. The molecule has 27 atom stereocenters. The Balaban J connectivity index is 0.000000169. The van der Waals surface area contributed by atoms with Crippen molar-refractivity contribution in [3.05, 3.63) is 65.5 Å². The molecule has 19 aromatic heterocycles. The van der Waals surface area contributed by atoms with Crippen LogP contribution in [0, 0.1) is 6.92 Å². The second-order valence-corrected chi connectivity index (χ2v) is 104. The van der Waals surface area contributed by atoms with Crippen LogP contribution in [0.3, 0.4) is 0 Å². The van der Waals surface area contributed by atoms with Crippen LogP contribution in [0.4, 0.5) is 0 Å². The summed E-state index contributed by atoms with van der Waals surface area (Å²) < 4.78 is 248. The van der Waals surface area contributed by atoms with E-state index in [4.69, 9.17) is 34.5 Å². The molecule has 0 aliphatic carbocycles. The number of hydrogen-bond donors (Lipinski definition) is 0. The Labute approximate surface area is 1310 Å². The lowest BCUT2D eigenvalue weighted by atomic mass is 10.3. The monoisotopic (exact) mass is 5710 g/mol. The van der Waals surface area contributed by atoms with Gasteiger partial charge in [0.25, 0.3) is 0 Å². The molecule has 0 N–H and O–H groups in total. The Bertz CT molecular complexity index is 7660. The first kappa shape index (κ1) is 107. The van der Waals surface area contributed by atoms with Crippen LogP contribution in [0.5, 0.6) is 0 Å². The summed E-state index contributed by atoms with van der Waals surface area (Å²) in [5.41, 5.74) is 0. The third-order valence-electron chi connectivity index (χ3n) is 16.6. The lowest BCUT2D eigenvalue weighted by Crippen LogP contribution is -2.18. The van der Waals surface area contributed by atoms with Gasteiger partial charge in [-0.05, 0) is 234 Å². The maximum atomic E-state index is 8.32. The van der Waals surface area contributed by atoms with Crippen LogP contribution < -0.4 is 134 Å². The molecule has 738 valence electrons. The minimum atomic E-state index is -1.06. The summed E-state index contributed by atoms with van der Waals surface area (Å²) in [5.74, 6) is 0. The maximum absolute atomic E-state index is 8.32. The van der Waals surface area contributed by atoms with Crippen molar-refractivity contribution >= 4 is 1180 Å². The van der Waals surface area contributed by atoms with Crippen LogP contribution in [-0.2, 0) is 0 Å². The van der Waals surface area contributed by atoms with Gasteiger partial charge in [0.2, 0.25) is 0 Å². The molecule has 0 fully saturated rings. The van der Waals surface area contributed by atoms with Crippen molar-refractivity contribution in [1.82, 2.24) is 0 Å². The molecular weight excluding hydrogens is 5640 g/mol. The van der Waals surface area contributed by atoms with Gasteiger partial charge >= 0.3 is 0 Å². The Morgan fingerprint density at radius 3 is 0.679 bits per heavy atom. The molecule has 0 aliphatic heterocycles. The third-order valence-corrected chi connectivity index (χ3v) is 117. The summed E-state index contributed by atoms with van der Waals surface area (Å²) in [6.45, 7) is 2.01. The van der Waals surface area contributed by atoms with Gasteiger partial charge in [-0.25, -0.2) is 0 Å². The van der Waals surface area contributed by atoms with Crippen molar-refractivity contribution in [3.63, 3.8) is 0 Å². The number of thiophene rings is 19. The fourth-order valence-electron chi connectivity index (χ4n) is 11.1. The SMILES string of the molecule is C.[2H]P(I)c1cc(-c2cc3sc(-c4cc(P([2H])I)c(P([2H])I)s4)cc3s2)sc1P([2H])I.[2H]P(I)c1cc(-c2cc3sc(-c4cc(P([2H])I)c(P([2H])I)s4)cc3s2)sc1P([2H])I.[2H]P(I)c1sc(C)c(P([2H])I)c1P([2H])I.[2H]P(I)c1sc2c(P([2H])I)c(P([2H])I)sc2c1P([2H])I.[2H]P(I)c1sc2c(P([2H])I)sc(P([2H])I)c2c1P([2H])I.[2H]P(I)c1sc2cc(-c3cc4sc(P([2H])I)c(P([2H])I)c4s3)sc2c1P([2H])I.[2H]P(I)c1sc2sc(P([2H])I)c(P([2H])I)c2c1P([2H])I. The van der Waals surface area contributed by atoms with Gasteiger partial charge in [0.15, 0.2) is 0 Å². The zero-order chi connectivity index (χ0) is 121. The highest BCUT2D eigenvalue weighted by Gasteiger charge is 2.27. The minimum Gasteiger partial charge on any atom is -0.139 e. The first-order valence-corrected chi connectivity index (χ1v) is 148. The second-order valence-electron chi connectivity index (χ2n) is 23.7. The van der Waals surface area contributed by atoms with Crippen LogP contribution >= 0.6 is 977 Å². The van der Waals surface area contributed by atoms with Crippen LogP contribution in [0.25, 0.3) is 115 Å². The van der Waals surface area contributed by atoms with Crippen molar-refractivity contribution in [3.8, 4) is 48.8 Å². The molecule has 19 heterocycles. The highest BCUT2D eigenvalue weighted by molar-refractivity contribution is 14.2. The number of hydrogen-bond acceptors (Lipinski definition) is 19. The molecule has 19 rings (SSSR count). The van der Waals surface area contributed by atoms with Crippen LogP contribution in [-0.4, -0.2) is 34.5 Å². The first-order chi connectivity index (χ1) is 76.1. The summed E-state index contributed by atoms with van der Waals surface area (Å²) in [4.78, 5) is 13.2. The second kappa shape index (κ2) is 75.2. The fourth-order valence-corrected chi connectivity index (χ4v) is 119. The molecule has 137 heavy (non-hydrogen) atoms. The summed E-state index contributed by atoms with van der Waals surface area (Å²) in [5, 5.41) is 15.6. The van der Waals surface area contributed by atoms with E-state index in [1.807, 2.05) is 6.92 Å². The van der Waals surface area contributed by atoms with Gasteiger partial charge in [0.1, 0.15) is 0 Å². The molecule has 19 aromatic rings. The van der Waals surface area contributed by atoms with Crippen LogP contribution in [0.2, 0.25) is 0 Å². The smallest absolute Gasteiger partial charge is 0.0892 e. The molecule has 0 aromatic carbocycles. The highest BCUT2D eigenvalue weighted by Crippen LogP contribution is 2.54. The average Bonchev–Trinajstić information content (AvgIpc) is 1.59. The topological polar surface area (TPSA) is 0 Å². The van der Waals surface area contributed by atoms with E-state index in [-0.39, 0.29) is 7.43 Å². The van der Waals surface area contributed by atoms with E-state index in [1.54, 1.807) is 215 Å². The minimum absolute atomic E-state index is 0. The number of aryl methyl sites for hydroxylation is 1. The molecule has 27 unspecified atom stereocenters. The number of fused-ring (bicyclic) bond motifs is 7. The standard InChI is InChI=1S/2C14H8I4P4S4.C12H6I4P4S4.3C6H4I4P4S2.C5H6I3P3S.CH4/c2*15-19-5-1-7(25-13(5)21-17)9-3-11-12(23-9)4-10(24-11)8-2-6(20-16)14(22-18)26-8;13-17-7-9-5(23-11(7)19-15)1-3(21-9)4-2-6-10(22-4)8(18-14)12(20-16)24-6;7-11-1-3-4(16-5(1)13-9)2(12-8)6(14-10)15-3;7-11-2-1-3(12-8)5(14-10)16-6(1)15-4(2)13-9;7-11-2-1-3(15-5(2)13-9)6(14-10)16-4(1)12-8;1-2-3(9-6)4(10-7)5(11-8)12-2;/h2*1-4,19-22H;1-2,17-20H;3*11-14H;9-11H,1H3;1H4/i2*19D,20D,21D,22D;17D,18D,19D,20D;3*11D,12D,13D,14D;9D,10D,11D;. The predicted molar refractivity (Wildman–Crippen MR) is 999 cm³/mol. The fraction of sp³-hybridized carbons (Fsp3) is 0.0312. The third kappa shape index (κ3) is 37.4. The van der Waals surface area contributed by atoms with Gasteiger partial charge in [-0.15, -0.1) is 215 Å². The van der Waals surface area contributed by atoms with E-state index >= 15 is 0 Å². The first-order valence-electron chi connectivity index (χ1n) is 45.5. The predicted octanol–water partition coefficient (Wildman–Crippen LogP) is 48.0. The zero-order valence-corrected chi connectivity index (χ0v) is 161. The van der Waals surface area contributed by atoms with Gasteiger partial charge in [0.05, 0.1) is 66.7 Å². The Morgan fingerprint density at radius 2 is 0.401 bits per heavy atom. The molecule has 0 radical (unpaired) electrons. The molecular formula is C64H44I27P27S19. The molecule has 0 spiro atoms. The van der Waals surface area contributed by atoms with Crippen molar-refractivity contribution < 1.29 is 0 Å². The number of halogens is 27. The maximum Gasteiger partial charge on any atom is 0.0892 e. The summed E-state index contributed by atoms with van der Waals surface area (Å²) >= 11 is 90.4. The molecule has 0 saturated heterocycles. The zero-order valence-electron chi connectivity index (χ0n) is 89.8. The largest absolute Gasteiger partial charge is 0.139 e. The Kier molecular flexibility index (Phi) is 58.9. The van der Waals surface area contributed by atoms with E-state index in [0.29, 0.717) is 0 Å². The molecule has 0 saturated carbocycles. The Morgan fingerprint density at radius 1 is 0.168 bits per heavy atom. The average molecular weight is 5710 g/mol. The number of rotatable bonds is 32. The lowest BCUT2D eigenvalue weighted by Gasteiger charge is -2.00. The van der Waals surface area contributed by atoms with Crippen molar-refractivity contribution in [2.24, 2.45) is 0 Å². The molecule has 0 bridgehead atoms. The van der Waals surface area contributed by atoms with Gasteiger partial charge in [-0.1, -0.05) is 603 Å². The Hall–Kier alpha value is 27.4. The van der Waals surface area contributed by atoms with Gasteiger partial charge in [-0.3, -0.25) is 0 Å². The van der Waals surface area contributed by atoms with Crippen LogP contribution in [0.15, 0.2) is 60.7 Å². The van der Waals surface area contributed by atoms with Crippen molar-refractivity contribution in [2.45, 2.75) is 14.4 Å². The molecule has 0 aliphatic rings. The van der Waals surface area contributed by atoms with Gasteiger partial charge in [-0.2, -0.15) is 0 Å². The van der Waals surface area contributed by atoms with Gasteiger partial charge < -0.3 is 0 Å². The van der Waals surface area contributed by atoms with E-state index in [2.05, 4.69) is 656 Å². The van der Waals surface area contributed by atoms with E-state index in [1.165, 1.54) is 86.4 Å². The summed E-state index contributed by atoms with van der Waals surface area (Å²) in [6.07, 6.45) is -26.7. The van der Waals surface area contributed by atoms with E-state index in [9.17, 15) is 0 Å². The van der Waals surface area contributed by atoms with Crippen molar-refractivity contribution in [2.75, 3.05) is 0 Å². The van der Waals surface area contributed by atoms with Gasteiger partial charge in [0, 0.05) is 222 Å². The van der Waals surface area contributed by atoms with E-state index in [0.717, 1.165) is 167 Å². The molecule has 0 amide bonds. The summed E-state index contributed by atoms with van der Waals surface area (Å²) in [7, 11) is 0. The van der Waals surface area contributed by atoms with E-state index < -0.39 is 167 Å². The molecule has 73 heteroatoms. The van der Waals surface area contributed by atoms with Crippen LogP contribution in [0.1, 0.15) is 12.3 Å². The normalized spacial score (nSPS) is 20.6. The highest BCUT2D eigenvalue weighted by atomic mass is 127. The molecule has 0 nitrogen and oxygen atoms in total. The lowest BCUT2D eigenvalue weighted by molar-refractivity contribution is 1.70. The van der Waals surface area contributed by atoms with Crippen molar-refractivity contribution in [1.29, 1.82) is 34.5 Å². The summed E-state index contributed by atoms with van der Waals surface area (Å²) in [6, 6.07) is 22.0.